The summed E-state index contributed by atoms with van der Waals surface area (Å²) in [6, 6.07) is 3.83. The molecular formula is C14H19ClN2O. The Balaban J connectivity index is 2.12. The van der Waals surface area contributed by atoms with Crippen molar-refractivity contribution in [1.82, 2.24) is 9.88 Å². The van der Waals surface area contributed by atoms with E-state index in [9.17, 15) is 4.79 Å². The second-order valence-electron chi connectivity index (χ2n) is 4.81. The zero-order valence-corrected chi connectivity index (χ0v) is 11.5. The lowest BCUT2D eigenvalue weighted by atomic mass is 9.97. The van der Waals surface area contributed by atoms with E-state index in [1.165, 1.54) is 6.42 Å². The predicted octanol–water partition coefficient (Wildman–Crippen LogP) is 3.53. The first kappa shape index (κ1) is 13.3. The maximum absolute atomic E-state index is 12.4. The summed E-state index contributed by atoms with van der Waals surface area (Å²) >= 11 is 5.74. The molecule has 1 atom stereocenters. The molecular weight excluding hydrogens is 248 g/mol. The minimum absolute atomic E-state index is 0.0947. The molecule has 0 aromatic carbocycles. The van der Waals surface area contributed by atoms with Crippen LogP contribution >= 0.6 is 11.6 Å². The van der Waals surface area contributed by atoms with Gasteiger partial charge in [0.2, 0.25) is 0 Å². The van der Waals surface area contributed by atoms with Gasteiger partial charge < -0.3 is 4.90 Å². The molecule has 0 N–H and O–H groups in total. The standard InChI is InChI=1S/C14H19ClN2O/c1-2-5-12-6-3-4-9-17(12)14(18)11-7-8-13(15)16-10-11/h7-8,10,12H,2-6,9H2,1H3. The normalized spacial score (nSPS) is 19.9. The molecule has 4 heteroatoms. The quantitative estimate of drug-likeness (QED) is 0.784. The number of halogens is 1. The largest absolute Gasteiger partial charge is 0.336 e. The van der Waals surface area contributed by atoms with Crippen molar-refractivity contribution in [3.63, 3.8) is 0 Å². The van der Waals surface area contributed by atoms with Crippen molar-refractivity contribution in [3.05, 3.63) is 29.0 Å². The fraction of sp³-hybridized carbons (Fsp3) is 0.571. The van der Waals surface area contributed by atoms with Gasteiger partial charge in [-0.05, 0) is 37.8 Å². The van der Waals surface area contributed by atoms with Gasteiger partial charge in [0.25, 0.3) is 5.91 Å². The molecule has 0 radical (unpaired) electrons. The molecule has 0 aliphatic carbocycles. The number of aromatic nitrogens is 1. The van der Waals surface area contributed by atoms with Crippen LogP contribution in [0.2, 0.25) is 5.15 Å². The van der Waals surface area contributed by atoms with E-state index in [1.54, 1.807) is 18.3 Å². The van der Waals surface area contributed by atoms with E-state index in [-0.39, 0.29) is 5.91 Å². The van der Waals surface area contributed by atoms with Crippen molar-refractivity contribution >= 4 is 17.5 Å². The fourth-order valence-corrected chi connectivity index (χ4v) is 2.68. The van der Waals surface area contributed by atoms with Gasteiger partial charge in [0.05, 0.1) is 5.56 Å². The topological polar surface area (TPSA) is 33.2 Å². The van der Waals surface area contributed by atoms with E-state index >= 15 is 0 Å². The predicted molar refractivity (Wildman–Crippen MR) is 72.8 cm³/mol. The minimum atomic E-state index is 0.0947. The number of hydrogen-bond donors (Lipinski definition) is 0. The number of hydrogen-bond acceptors (Lipinski definition) is 2. The Kier molecular flexibility index (Phi) is 4.59. The van der Waals surface area contributed by atoms with Crippen LogP contribution in [-0.4, -0.2) is 28.4 Å². The molecule has 2 rings (SSSR count). The highest BCUT2D eigenvalue weighted by molar-refractivity contribution is 6.29. The molecule has 18 heavy (non-hydrogen) atoms. The van der Waals surface area contributed by atoms with Crippen LogP contribution in [0.1, 0.15) is 49.4 Å². The van der Waals surface area contributed by atoms with Gasteiger partial charge in [-0.2, -0.15) is 0 Å². The lowest BCUT2D eigenvalue weighted by molar-refractivity contribution is 0.0600. The first-order chi connectivity index (χ1) is 8.72. The Morgan fingerprint density at radius 1 is 1.50 bits per heavy atom. The molecule has 0 bridgehead atoms. The number of amides is 1. The van der Waals surface area contributed by atoms with E-state index < -0.39 is 0 Å². The zero-order valence-electron chi connectivity index (χ0n) is 10.7. The van der Waals surface area contributed by atoms with Gasteiger partial charge in [-0.1, -0.05) is 24.9 Å². The zero-order chi connectivity index (χ0) is 13.0. The third-order valence-electron chi connectivity index (χ3n) is 3.48. The van der Waals surface area contributed by atoms with Gasteiger partial charge in [0.15, 0.2) is 0 Å². The van der Waals surface area contributed by atoms with Crippen LogP contribution in [0.3, 0.4) is 0 Å². The number of nitrogens with zero attached hydrogens (tertiary/aromatic N) is 2. The van der Waals surface area contributed by atoms with Crippen LogP contribution in [0.25, 0.3) is 0 Å². The molecule has 0 spiro atoms. The number of carbonyl (C=O) groups excluding carboxylic acids is 1. The molecule has 1 unspecified atom stereocenters. The first-order valence-electron chi connectivity index (χ1n) is 6.65. The molecule has 2 heterocycles. The summed E-state index contributed by atoms with van der Waals surface area (Å²) in [6.07, 6.45) is 7.24. The lowest BCUT2D eigenvalue weighted by Crippen LogP contribution is -2.43. The van der Waals surface area contributed by atoms with Crippen LogP contribution in [0.15, 0.2) is 18.3 Å². The van der Waals surface area contributed by atoms with Gasteiger partial charge in [0, 0.05) is 18.8 Å². The first-order valence-corrected chi connectivity index (χ1v) is 7.02. The van der Waals surface area contributed by atoms with Crippen molar-refractivity contribution in [2.45, 2.75) is 45.1 Å². The lowest BCUT2D eigenvalue weighted by Gasteiger charge is -2.35. The van der Waals surface area contributed by atoms with E-state index in [2.05, 4.69) is 11.9 Å². The summed E-state index contributed by atoms with van der Waals surface area (Å²) in [5.74, 6) is 0.0947. The Hall–Kier alpha value is -1.09. The van der Waals surface area contributed by atoms with Crippen LogP contribution in [0.5, 0.6) is 0 Å². The Morgan fingerprint density at radius 2 is 2.33 bits per heavy atom. The summed E-state index contributed by atoms with van der Waals surface area (Å²) < 4.78 is 0. The number of pyridine rings is 1. The van der Waals surface area contributed by atoms with Crippen molar-refractivity contribution in [3.8, 4) is 0 Å². The molecule has 1 saturated heterocycles. The molecule has 0 saturated carbocycles. The van der Waals surface area contributed by atoms with Gasteiger partial charge in [0.1, 0.15) is 5.15 Å². The number of piperidine rings is 1. The molecule has 1 amide bonds. The highest BCUT2D eigenvalue weighted by Crippen LogP contribution is 2.23. The monoisotopic (exact) mass is 266 g/mol. The van der Waals surface area contributed by atoms with Gasteiger partial charge >= 0.3 is 0 Å². The maximum atomic E-state index is 12.4. The van der Waals surface area contributed by atoms with E-state index in [1.807, 2.05) is 4.90 Å². The van der Waals surface area contributed by atoms with E-state index in [0.29, 0.717) is 16.8 Å². The van der Waals surface area contributed by atoms with Gasteiger partial charge in [-0.25, -0.2) is 4.98 Å². The second kappa shape index (κ2) is 6.19. The summed E-state index contributed by atoms with van der Waals surface area (Å²) in [5, 5.41) is 0.426. The van der Waals surface area contributed by atoms with Gasteiger partial charge in [-0.15, -0.1) is 0 Å². The minimum Gasteiger partial charge on any atom is -0.336 e. The van der Waals surface area contributed by atoms with E-state index in [0.717, 1.165) is 32.2 Å². The number of likely N-dealkylation sites (tertiary alicyclic amines) is 1. The van der Waals surface area contributed by atoms with Crippen LogP contribution in [0, 0.1) is 0 Å². The Labute approximate surface area is 113 Å². The molecule has 1 aromatic heterocycles. The highest BCUT2D eigenvalue weighted by atomic mass is 35.5. The molecule has 1 fully saturated rings. The third kappa shape index (κ3) is 3.02. The van der Waals surface area contributed by atoms with Gasteiger partial charge in [-0.3, -0.25) is 4.79 Å². The smallest absolute Gasteiger partial charge is 0.255 e. The van der Waals surface area contributed by atoms with Crippen LogP contribution < -0.4 is 0 Å². The van der Waals surface area contributed by atoms with Crippen molar-refractivity contribution in [2.75, 3.05) is 6.54 Å². The maximum Gasteiger partial charge on any atom is 0.255 e. The number of rotatable bonds is 3. The fourth-order valence-electron chi connectivity index (χ4n) is 2.57. The SMILES string of the molecule is CCCC1CCCCN1C(=O)c1ccc(Cl)nc1. The summed E-state index contributed by atoms with van der Waals surface area (Å²) in [6.45, 7) is 3.03. The Morgan fingerprint density at radius 3 is 3.00 bits per heavy atom. The summed E-state index contributed by atoms with van der Waals surface area (Å²) in [7, 11) is 0. The molecule has 3 nitrogen and oxygen atoms in total. The third-order valence-corrected chi connectivity index (χ3v) is 3.71. The van der Waals surface area contributed by atoms with Crippen molar-refractivity contribution in [2.24, 2.45) is 0 Å². The number of carbonyl (C=O) groups is 1. The Bertz CT molecular complexity index is 403. The molecule has 1 aliphatic heterocycles. The summed E-state index contributed by atoms with van der Waals surface area (Å²) in [4.78, 5) is 18.4. The molecule has 1 aromatic rings. The van der Waals surface area contributed by atoms with Crippen LogP contribution in [-0.2, 0) is 0 Å². The van der Waals surface area contributed by atoms with Crippen molar-refractivity contribution < 1.29 is 4.79 Å². The van der Waals surface area contributed by atoms with E-state index in [4.69, 9.17) is 11.6 Å². The molecule has 1 aliphatic rings. The second-order valence-corrected chi connectivity index (χ2v) is 5.19. The summed E-state index contributed by atoms with van der Waals surface area (Å²) in [5.41, 5.74) is 0.641. The highest BCUT2D eigenvalue weighted by Gasteiger charge is 2.26. The average Bonchev–Trinajstić information content (AvgIpc) is 2.40. The van der Waals surface area contributed by atoms with Crippen LogP contribution in [0.4, 0.5) is 0 Å². The van der Waals surface area contributed by atoms with Crippen molar-refractivity contribution in [1.29, 1.82) is 0 Å². The molecule has 98 valence electrons. The average molecular weight is 267 g/mol.